The molecule has 1 aliphatic heterocycles. The molecule has 2 aliphatic rings. The van der Waals surface area contributed by atoms with E-state index in [-0.39, 0.29) is 16.9 Å². The Morgan fingerprint density at radius 2 is 1.71 bits per heavy atom. The lowest BCUT2D eigenvalue weighted by Gasteiger charge is -2.33. The highest BCUT2D eigenvalue weighted by molar-refractivity contribution is 5.83. The van der Waals surface area contributed by atoms with E-state index in [0.29, 0.717) is 0 Å². The highest BCUT2D eigenvalue weighted by Crippen LogP contribution is 2.37. The smallest absolute Gasteiger partial charge is 0.226 e. The van der Waals surface area contributed by atoms with Crippen LogP contribution in [0.4, 0.5) is 0 Å². The number of piperidine rings is 1. The third-order valence-corrected chi connectivity index (χ3v) is 3.67. The third-order valence-electron chi connectivity index (χ3n) is 3.67. The van der Waals surface area contributed by atoms with Gasteiger partial charge < -0.3 is 10.6 Å². The molecular weight excluding hydrogens is 176 g/mol. The minimum Gasteiger partial charge on any atom is -0.350 e. The van der Waals surface area contributed by atoms with E-state index in [4.69, 9.17) is 0 Å². The molecule has 1 aliphatic carbocycles. The summed E-state index contributed by atoms with van der Waals surface area (Å²) in [7, 11) is 0. The monoisotopic (exact) mass is 196 g/mol. The Balaban J connectivity index is 1.94. The van der Waals surface area contributed by atoms with Gasteiger partial charge in [-0.2, -0.15) is 0 Å². The third kappa shape index (κ3) is 1.92. The van der Waals surface area contributed by atoms with E-state index < -0.39 is 0 Å². The zero-order valence-corrected chi connectivity index (χ0v) is 9.15. The highest BCUT2D eigenvalue weighted by Gasteiger charge is 2.43. The fraction of sp³-hybridized carbons (Fsp3) is 0.909. The average molecular weight is 196 g/mol. The molecular formula is C11H20N2O. The van der Waals surface area contributed by atoms with Crippen LogP contribution in [0.3, 0.4) is 0 Å². The first kappa shape index (κ1) is 9.97. The van der Waals surface area contributed by atoms with Gasteiger partial charge in [0.05, 0.1) is 0 Å². The molecule has 1 heterocycles. The molecule has 0 aromatic heterocycles. The molecule has 0 aromatic rings. The molecule has 0 radical (unpaired) electrons. The Labute approximate surface area is 85.6 Å². The second kappa shape index (κ2) is 3.23. The predicted octanol–water partition coefficient (Wildman–Crippen LogP) is 1.04. The number of carbonyl (C=O) groups is 1. The van der Waals surface area contributed by atoms with Crippen LogP contribution in [-0.4, -0.2) is 24.5 Å². The van der Waals surface area contributed by atoms with Crippen molar-refractivity contribution in [3.63, 3.8) is 0 Å². The minimum atomic E-state index is -0.128. The molecule has 0 aromatic carbocycles. The van der Waals surface area contributed by atoms with Crippen molar-refractivity contribution in [2.45, 2.75) is 45.1 Å². The van der Waals surface area contributed by atoms with Gasteiger partial charge in [0.1, 0.15) is 0 Å². The van der Waals surface area contributed by atoms with Gasteiger partial charge in [0.15, 0.2) is 0 Å². The maximum Gasteiger partial charge on any atom is 0.226 e. The molecule has 2 rings (SSSR count). The summed E-state index contributed by atoms with van der Waals surface area (Å²) < 4.78 is 0. The summed E-state index contributed by atoms with van der Waals surface area (Å²) in [6.07, 6.45) is 4.23. The molecule has 0 spiro atoms. The van der Waals surface area contributed by atoms with Gasteiger partial charge in [-0.05, 0) is 45.7 Å². The number of amides is 1. The molecule has 2 N–H and O–H groups in total. The van der Waals surface area contributed by atoms with Crippen molar-refractivity contribution in [1.29, 1.82) is 0 Å². The highest BCUT2D eigenvalue weighted by atomic mass is 16.2. The molecule has 1 saturated carbocycles. The molecule has 3 heteroatoms. The SMILES string of the molecule is CC1(NC(=O)C2(C)CCNCC2)CC1. The Kier molecular flexibility index (Phi) is 2.30. The predicted molar refractivity (Wildman–Crippen MR) is 56.0 cm³/mol. The van der Waals surface area contributed by atoms with Crippen molar-refractivity contribution in [3.8, 4) is 0 Å². The van der Waals surface area contributed by atoms with Crippen LogP contribution in [0.5, 0.6) is 0 Å². The largest absolute Gasteiger partial charge is 0.350 e. The van der Waals surface area contributed by atoms with Crippen LogP contribution >= 0.6 is 0 Å². The number of hydrogen-bond acceptors (Lipinski definition) is 2. The number of nitrogens with one attached hydrogen (secondary N) is 2. The van der Waals surface area contributed by atoms with Crippen molar-refractivity contribution >= 4 is 5.91 Å². The van der Waals surface area contributed by atoms with Crippen LogP contribution in [0.1, 0.15) is 39.5 Å². The Bertz CT molecular complexity index is 240. The summed E-state index contributed by atoms with van der Waals surface area (Å²) in [5, 5.41) is 6.47. The van der Waals surface area contributed by atoms with Gasteiger partial charge in [0.25, 0.3) is 0 Å². The lowest BCUT2D eigenvalue weighted by Crippen LogP contribution is -2.48. The summed E-state index contributed by atoms with van der Waals surface area (Å²) in [5.41, 5.74) is 0.00180. The van der Waals surface area contributed by atoms with Gasteiger partial charge in [0, 0.05) is 11.0 Å². The van der Waals surface area contributed by atoms with E-state index in [2.05, 4.69) is 24.5 Å². The summed E-state index contributed by atoms with van der Waals surface area (Å²) >= 11 is 0. The van der Waals surface area contributed by atoms with Gasteiger partial charge in [-0.15, -0.1) is 0 Å². The zero-order chi connectivity index (χ0) is 10.2. The number of rotatable bonds is 2. The van der Waals surface area contributed by atoms with Crippen LogP contribution in [-0.2, 0) is 4.79 Å². The molecule has 80 valence electrons. The molecule has 0 unspecified atom stereocenters. The first-order valence-corrected chi connectivity index (χ1v) is 5.58. The van der Waals surface area contributed by atoms with Crippen molar-refractivity contribution in [3.05, 3.63) is 0 Å². The van der Waals surface area contributed by atoms with E-state index in [0.717, 1.165) is 38.8 Å². The lowest BCUT2D eigenvalue weighted by atomic mass is 9.80. The molecule has 0 atom stereocenters. The van der Waals surface area contributed by atoms with E-state index in [9.17, 15) is 4.79 Å². The maximum absolute atomic E-state index is 12.0. The Morgan fingerprint density at radius 3 is 2.21 bits per heavy atom. The number of hydrogen-bond donors (Lipinski definition) is 2. The first-order valence-electron chi connectivity index (χ1n) is 5.58. The minimum absolute atomic E-state index is 0.128. The molecule has 1 saturated heterocycles. The van der Waals surface area contributed by atoms with E-state index >= 15 is 0 Å². The molecule has 0 bridgehead atoms. The Morgan fingerprint density at radius 1 is 1.14 bits per heavy atom. The summed E-state index contributed by atoms with van der Waals surface area (Å²) in [6.45, 7) is 6.17. The normalized spacial score (nSPS) is 28.1. The molecule has 2 fully saturated rings. The number of carbonyl (C=O) groups excluding carboxylic acids is 1. The van der Waals surface area contributed by atoms with Gasteiger partial charge >= 0.3 is 0 Å². The van der Waals surface area contributed by atoms with Crippen LogP contribution in [0.25, 0.3) is 0 Å². The second-order valence-electron chi connectivity index (χ2n) is 5.33. The van der Waals surface area contributed by atoms with Gasteiger partial charge in [-0.3, -0.25) is 4.79 Å². The summed E-state index contributed by atoms with van der Waals surface area (Å²) in [5.74, 6) is 0.263. The maximum atomic E-state index is 12.0. The lowest BCUT2D eigenvalue weighted by molar-refractivity contribution is -0.132. The molecule has 1 amide bonds. The first-order chi connectivity index (χ1) is 6.54. The van der Waals surface area contributed by atoms with Crippen molar-refractivity contribution < 1.29 is 4.79 Å². The zero-order valence-electron chi connectivity index (χ0n) is 9.15. The standard InChI is InChI=1S/C11H20N2O/c1-10(5-7-12-8-6-10)9(14)13-11(2)3-4-11/h12H,3-8H2,1-2H3,(H,13,14). The van der Waals surface area contributed by atoms with Crippen molar-refractivity contribution in [1.82, 2.24) is 10.6 Å². The van der Waals surface area contributed by atoms with Crippen LogP contribution in [0.15, 0.2) is 0 Å². The fourth-order valence-electron chi connectivity index (χ4n) is 1.94. The van der Waals surface area contributed by atoms with Crippen molar-refractivity contribution in [2.75, 3.05) is 13.1 Å². The second-order valence-corrected chi connectivity index (χ2v) is 5.33. The quantitative estimate of drug-likeness (QED) is 0.693. The molecule has 3 nitrogen and oxygen atoms in total. The topological polar surface area (TPSA) is 41.1 Å². The van der Waals surface area contributed by atoms with Crippen molar-refractivity contribution in [2.24, 2.45) is 5.41 Å². The van der Waals surface area contributed by atoms with E-state index in [1.165, 1.54) is 0 Å². The van der Waals surface area contributed by atoms with Crippen LogP contribution < -0.4 is 10.6 Å². The van der Waals surface area contributed by atoms with E-state index in [1.807, 2.05) is 0 Å². The molecule has 14 heavy (non-hydrogen) atoms. The summed E-state index contributed by atoms with van der Waals surface area (Å²) in [6, 6.07) is 0. The van der Waals surface area contributed by atoms with Crippen LogP contribution in [0.2, 0.25) is 0 Å². The summed E-state index contributed by atoms with van der Waals surface area (Å²) in [4.78, 5) is 12.0. The van der Waals surface area contributed by atoms with Gasteiger partial charge in [-0.25, -0.2) is 0 Å². The Hall–Kier alpha value is -0.570. The van der Waals surface area contributed by atoms with E-state index in [1.54, 1.807) is 0 Å². The van der Waals surface area contributed by atoms with Gasteiger partial charge in [-0.1, -0.05) is 6.92 Å². The fourth-order valence-corrected chi connectivity index (χ4v) is 1.94. The van der Waals surface area contributed by atoms with Crippen LogP contribution in [0, 0.1) is 5.41 Å². The van der Waals surface area contributed by atoms with Gasteiger partial charge in [0.2, 0.25) is 5.91 Å². The average Bonchev–Trinajstić information content (AvgIpc) is 2.84.